The van der Waals surface area contributed by atoms with Crippen molar-refractivity contribution >= 4 is 5.78 Å². The van der Waals surface area contributed by atoms with E-state index in [1.165, 1.54) is 6.20 Å². The smallest absolute Gasteiger partial charge is 0.390 e. The molecule has 1 aromatic rings. The molecule has 5 rings (SSSR count). The third kappa shape index (κ3) is 3.48. The molecule has 190 valence electrons. The molecule has 8 atom stereocenters. The number of halogens is 4. The number of nitrogens with zero attached hydrogens (tertiary/aromatic N) is 2. The van der Waals surface area contributed by atoms with Crippen LogP contribution in [0, 0.1) is 34.5 Å². The molecule has 8 heteroatoms. The molecule has 4 nitrogen and oxygen atoms in total. The normalized spacial score (nSPS) is 46.5. The van der Waals surface area contributed by atoms with E-state index in [-0.39, 0.29) is 41.4 Å². The molecule has 0 spiro atoms. The summed E-state index contributed by atoms with van der Waals surface area (Å²) in [6, 6.07) is 0.902. The molecule has 1 heterocycles. The maximum Gasteiger partial charge on any atom is 0.435 e. The van der Waals surface area contributed by atoms with Gasteiger partial charge >= 0.3 is 6.18 Å². The molecule has 0 saturated heterocycles. The molecule has 0 aromatic carbocycles. The first-order valence-corrected chi connectivity index (χ1v) is 12.7. The Balaban J connectivity index is 1.35. The number of hydrogen-bond donors (Lipinski definition) is 1. The Kier molecular flexibility index (Phi) is 5.37. The lowest BCUT2D eigenvalue weighted by Crippen LogP contribution is -2.64. The van der Waals surface area contributed by atoms with Crippen molar-refractivity contribution in [2.45, 2.75) is 103 Å². The van der Waals surface area contributed by atoms with Crippen molar-refractivity contribution in [2.24, 2.45) is 34.5 Å². The highest BCUT2D eigenvalue weighted by Gasteiger charge is 2.68. The quantitative estimate of drug-likeness (QED) is 0.538. The van der Waals surface area contributed by atoms with Crippen molar-refractivity contribution in [1.82, 2.24) is 9.78 Å². The van der Waals surface area contributed by atoms with E-state index in [1.807, 2.05) is 6.92 Å². The van der Waals surface area contributed by atoms with E-state index in [1.54, 1.807) is 0 Å². The van der Waals surface area contributed by atoms with Crippen molar-refractivity contribution in [2.75, 3.05) is 0 Å². The minimum atomic E-state index is -4.53. The third-order valence-corrected chi connectivity index (χ3v) is 10.7. The lowest BCUT2D eigenvalue weighted by molar-refractivity contribution is -0.211. The van der Waals surface area contributed by atoms with Crippen molar-refractivity contribution < 1.29 is 27.5 Å². The molecule has 4 aliphatic rings. The highest BCUT2D eigenvalue weighted by molar-refractivity contribution is 5.82. The number of hydrogen-bond acceptors (Lipinski definition) is 3. The fourth-order valence-electron chi connectivity index (χ4n) is 8.79. The second-order valence-electron chi connectivity index (χ2n) is 12.5. The average molecular weight is 485 g/mol. The van der Waals surface area contributed by atoms with Gasteiger partial charge in [0.1, 0.15) is 5.67 Å². The number of Topliss-reactive ketones (excluding diaryl/α,β-unsaturated/α-hetero) is 1. The predicted octanol–water partition coefficient (Wildman–Crippen LogP) is 5.97. The zero-order chi connectivity index (χ0) is 24.7. The third-order valence-electron chi connectivity index (χ3n) is 10.7. The number of alkyl halides is 4. The molecule has 0 bridgehead atoms. The van der Waals surface area contributed by atoms with Gasteiger partial charge in [-0.15, -0.1) is 0 Å². The van der Waals surface area contributed by atoms with Crippen LogP contribution in [-0.4, -0.2) is 31.9 Å². The van der Waals surface area contributed by atoms with Crippen molar-refractivity contribution in [1.29, 1.82) is 0 Å². The van der Waals surface area contributed by atoms with Crippen LogP contribution in [0.3, 0.4) is 0 Å². The minimum Gasteiger partial charge on any atom is -0.390 e. The van der Waals surface area contributed by atoms with Gasteiger partial charge in [-0.25, -0.2) is 4.39 Å². The van der Waals surface area contributed by atoms with Crippen molar-refractivity contribution in [3.05, 3.63) is 18.0 Å². The summed E-state index contributed by atoms with van der Waals surface area (Å²) in [6.45, 7) is 5.93. The van der Waals surface area contributed by atoms with E-state index in [4.69, 9.17) is 0 Å². The van der Waals surface area contributed by atoms with E-state index in [0.29, 0.717) is 32.1 Å². The fraction of sp³-hybridized carbons (Fsp3) is 0.846. The zero-order valence-corrected chi connectivity index (χ0v) is 20.3. The number of rotatable bonds is 3. The molecular formula is C26H36F4N2O2. The number of carbonyl (C=O) groups excluding carboxylic acids is 1. The zero-order valence-electron chi connectivity index (χ0n) is 20.3. The molecule has 4 saturated carbocycles. The SMILES string of the molecule is C[C@@]1(O)CC[C@@]2(F)[C@H](CC[C@H]3[C@@H]4CC[C@H](C(=O)Cn5ccc(C(F)(F)F)n5)[C@@]4(C)CC[C@@]32C)C1. The standard InChI is InChI=1S/C26H36F4N2O2/c1-22(34)9-12-25(27)16(14-22)4-5-18-17-6-7-19(23(17,2)10-11-24(18,25)3)20(33)15-32-13-8-21(31-32)26(28,29)30/h8,13,16-19,34H,4-7,9-12,14-15H2,1-3H3/t16-,17+,18+,19-,22-,23+,24+,25-/m1/s1. The maximum atomic E-state index is 16.8. The largest absolute Gasteiger partial charge is 0.435 e. The van der Waals surface area contributed by atoms with Crippen LogP contribution in [0.5, 0.6) is 0 Å². The highest BCUT2D eigenvalue weighted by Crippen LogP contribution is 2.71. The van der Waals surface area contributed by atoms with Crippen LogP contribution in [0.15, 0.2) is 12.3 Å². The summed E-state index contributed by atoms with van der Waals surface area (Å²) in [7, 11) is 0. The molecule has 0 radical (unpaired) electrons. The van der Waals surface area contributed by atoms with Crippen LogP contribution in [0.2, 0.25) is 0 Å². The van der Waals surface area contributed by atoms with E-state index in [0.717, 1.165) is 36.4 Å². The van der Waals surface area contributed by atoms with Crippen molar-refractivity contribution in [3.63, 3.8) is 0 Å². The molecule has 4 fully saturated rings. The Morgan fingerprint density at radius 2 is 1.79 bits per heavy atom. The van der Waals surface area contributed by atoms with Gasteiger partial charge in [0.05, 0.1) is 12.1 Å². The summed E-state index contributed by atoms with van der Waals surface area (Å²) in [4.78, 5) is 13.3. The van der Waals surface area contributed by atoms with E-state index in [2.05, 4.69) is 18.9 Å². The van der Waals surface area contributed by atoms with Gasteiger partial charge in [0.2, 0.25) is 0 Å². The van der Waals surface area contributed by atoms with Crippen LogP contribution in [0.4, 0.5) is 17.6 Å². The molecule has 1 aromatic heterocycles. The predicted molar refractivity (Wildman–Crippen MR) is 118 cm³/mol. The fourth-order valence-corrected chi connectivity index (χ4v) is 8.79. The molecule has 0 unspecified atom stereocenters. The van der Waals surface area contributed by atoms with Gasteiger partial charge in [-0.1, -0.05) is 13.8 Å². The Labute approximate surface area is 198 Å². The van der Waals surface area contributed by atoms with Crippen LogP contribution in [0.1, 0.15) is 84.3 Å². The van der Waals surface area contributed by atoms with Crippen LogP contribution < -0.4 is 0 Å². The van der Waals surface area contributed by atoms with Gasteiger partial charge < -0.3 is 5.11 Å². The van der Waals surface area contributed by atoms with E-state index in [9.17, 15) is 23.1 Å². The number of ketones is 1. The number of fused-ring (bicyclic) bond motifs is 5. The minimum absolute atomic E-state index is 0.0669. The molecule has 0 amide bonds. The summed E-state index contributed by atoms with van der Waals surface area (Å²) in [6.07, 6.45) is 2.80. The van der Waals surface area contributed by atoms with Gasteiger partial charge in [-0.05, 0) is 93.9 Å². The molecule has 1 N–H and O–H groups in total. The summed E-state index contributed by atoms with van der Waals surface area (Å²) < 4.78 is 56.6. The lowest BCUT2D eigenvalue weighted by Gasteiger charge is -2.64. The lowest BCUT2D eigenvalue weighted by atomic mass is 9.42. The van der Waals surface area contributed by atoms with Gasteiger partial charge in [-0.2, -0.15) is 18.3 Å². The summed E-state index contributed by atoms with van der Waals surface area (Å²) in [5, 5.41) is 14.2. The van der Waals surface area contributed by atoms with Crippen LogP contribution in [-0.2, 0) is 17.5 Å². The average Bonchev–Trinajstić information content (AvgIpc) is 3.34. The molecule has 4 aliphatic carbocycles. The van der Waals surface area contributed by atoms with Gasteiger partial charge in [-0.3, -0.25) is 9.48 Å². The Hall–Kier alpha value is -1.44. The maximum absolute atomic E-state index is 16.8. The van der Waals surface area contributed by atoms with E-state index < -0.39 is 28.6 Å². The van der Waals surface area contributed by atoms with Crippen LogP contribution >= 0.6 is 0 Å². The Morgan fingerprint density at radius 3 is 2.47 bits per heavy atom. The number of aromatic nitrogens is 2. The first-order chi connectivity index (χ1) is 15.7. The molecule has 34 heavy (non-hydrogen) atoms. The number of aliphatic hydroxyl groups is 1. The molecular weight excluding hydrogens is 448 g/mol. The second-order valence-corrected chi connectivity index (χ2v) is 12.5. The van der Waals surface area contributed by atoms with Gasteiger partial charge in [0.25, 0.3) is 0 Å². The monoisotopic (exact) mass is 484 g/mol. The Morgan fingerprint density at radius 1 is 1.09 bits per heavy atom. The van der Waals surface area contributed by atoms with Gasteiger partial charge in [0, 0.05) is 17.5 Å². The first-order valence-electron chi connectivity index (χ1n) is 12.7. The second kappa shape index (κ2) is 7.53. The van der Waals surface area contributed by atoms with Crippen molar-refractivity contribution in [3.8, 4) is 0 Å². The van der Waals surface area contributed by atoms with Gasteiger partial charge in [0.15, 0.2) is 11.5 Å². The number of carbonyl (C=O) groups is 1. The Bertz CT molecular complexity index is 974. The summed E-state index contributed by atoms with van der Waals surface area (Å²) in [5.74, 6) is 0.00142. The summed E-state index contributed by atoms with van der Waals surface area (Å²) >= 11 is 0. The van der Waals surface area contributed by atoms with Crippen LogP contribution in [0.25, 0.3) is 0 Å². The highest BCUT2D eigenvalue weighted by atomic mass is 19.4. The molecule has 0 aliphatic heterocycles. The first kappa shape index (κ1) is 24.3. The van der Waals surface area contributed by atoms with E-state index >= 15 is 4.39 Å². The topological polar surface area (TPSA) is 55.1 Å². The summed E-state index contributed by atoms with van der Waals surface area (Å²) in [5.41, 5.74) is -3.79.